The van der Waals surface area contributed by atoms with E-state index in [1.165, 1.54) is 0 Å². The Balaban J connectivity index is 0.00000243. The number of amides is 1. The molecule has 0 aliphatic carbocycles. The molecule has 140 valence electrons. The fraction of sp³-hybridized carbons (Fsp3) is 0.316. The average Bonchev–Trinajstić information content (AvgIpc) is 3.06. The number of halogens is 1. The predicted molar refractivity (Wildman–Crippen MR) is 102 cm³/mol. The molecule has 1 amide bonds. The van der Waals surface area contributed by atoms with Crippen molar-refractivity contribution in [3.8, 4) is 17.2 Å². The van der Waals surface area contributed by atoms with E-state index in [0.29, 0.717) is 30.9 Å². The average molecular weight is 379 g/mol. The summed E-state index contributed by atoms with van der Waals surface area (Å²) in [5.74, 6) is 2.08. The van der Waals surface area contributed by atoms with Gasteiger partial charge in [0, 0.05) is 24.2 Å². The summed E-state index contributed by atoms with van der Waals surface area (Å²) < 4.78 is 16.4. The molecule has 0 spiro atoms. The molecule has 0 radical (unpaired) electrons. The zero-order valence-corrected chi connectivity index (χ0v) is 15.4. The van der Waals surface area contributed by atoms with Gasteiger partial charge in [-0.3, -0.25) is 4.79 Å². The van der Waals surface area contributed by atoms with Crippen LogP contribution in [0.2, 0.25) is 0 Å². The molecule has 0 aromatic heterocycles. The highest BCUT2D eigenvalue weighted by atomic mass is 35.5. The maximum atomic E-state index is 11.9. The van der Waals surface area contributed by atoms with Crippen molar-refractivity contribution >= 4 is 24.0 Å². The van der Waals surface area contributed by atoms with Gasteiger partial charge in [-0.1, -0.05) is 12.1 Å². The number of fused-ring (bicyclic) bond motifs is 1. The molecule has 2 aromatic carbocycles. The molecule has 7 heteroatoms. The van der Waals surface area contributed by atoms with Crippen molar-refractivity contribution < 1.29 is 19.0 Å². The van der Waals surface area contributed by atoms with Crippen LogP contribution in [-0.4, -0.2) is 18.7 Å². The fourth-order valence-electron chi connectivity index (χ4n) is 2.45. The Kier molecular flexibility index (Phi) is 7.12. The number of rotatable bonds is 7. The largest absolute Gasteiger partial charge is 0.489 e. The van der Waals surface area contributed by atoms with Crippen LogP contribution in [0.25, 0.3) is 0 Å². The van der Waals surface area contributed by atoms with Gasteiger partial charge in [0.1, 0.15) is 12.4 Å². The van der Waals surface area contributed by atoms with Crippen molar-refractivity contribution in [3.63, 3.8) is 0 Å². The van der Waals surface area contributed by atoms with Crippen molar-refractivity contribution in [1.29, 1.82) is 0 Å². The van der Waals surface area contributed by atoms with Crippen LogP contribution in [0.3, 0.4) is 0 Å². The van der Waals surface area contributed by atoms with Crippen molar-refractivity contribution in [2.24, 2.45) is 5.73 Å². The van der Waals surface area contributed by atoms with Crippen LogP contribution in [0.1, 0.15) is 25.3 Å². The SMILES string of the molecule is CC(N)CCC(=O)Nc1cccc(COc2ccc3c(c2)OCO3)c1.Cl. The second-order valence-electron chi connectivity index (χ2n) is 6.07. The molecule has 1 atom stereocenters. The third-order valence-electron chi connectivity index (χ3n) is 3.79. The summed E-state index contributed by atoms with van der Waals surface area (Å²) in [7, 11) is 0. The lowest BCUT2D eigenvalue weighted by Crippen LogP contribution is -2.19. The van der Waals surface area contributed by atoms with E-state index in [1.54, 1.807) is 0 Å². The number of hydrogen-bond donors (Lipinski definition) is 2. The Morgan fingerprint density at radius 3 is 2.85 bits per heavy atom. The number of anilines is 1. The van der Waals surface area contributed by atoms with Gasteiger partial charge >= 0.3 is 0 Å². The first kappa shape index (κ1) is 19.9. The third kappa shape index (κ3) is 5.54. The van der Waals surface area contributed by atoms with Gasteiger partial charge in [0.15, 0.2) is 11.5 Å². The molecule has 0 fully saturated rings. The summed E-state index contributed by atoms with van der Waals surface area (Å²) in [5, 5.41) is 2.88. The Labute approximate surface area is 159 Å². The van der Waals surface area contributed by atoms with Gasteiger partial charge in [-0.2, -0.15) is 0 Å². The molecule has 1 heterocycles. The molecular formula is C19H23ClN2O4. The molecule has 0 saturated heterocycles. The number of carbonyl (C=O) groups excluding carboxylic acids is 1. The van der Waals surface area contributed by atoms with Gasteiger partial charge in [-0.15, -0.1) is 12.4 Å². The minimum Gasteiger partial charge on any atom is -0.489 e. The van der Waals surface area contributed by atoms with E-state index in [-0.39, 0.29) is 31.1 Å². The van der Waals surface area contributed by atoms with Crippen LogP contribution in [0.5, 0.6) is 17.2 Å². The third-order valence-corrected chi connectivity index (χ3v) is 3.79. The molecule has 26 heavy (non-hydrogen) atoms. The minimum atomic E-state index is -0.0360. The van der Waals surface area contributed by atoms with Gasteiger partial charge < -0.3 is 25.3 Å². The van der Waals surface area contributed by atoms with E-state index in [9.17, 15) is 4.79 Å². The maximum absolute atomic E-state index is 11.9. The summed E-state index contributed by atoms with van der Waals surface area (Å²) in [5.41, 5.74) is 7.39. The fourth-order valence-corrected chi connectivity index (χ4v) is 2.45. The summed E-state index contributed by atoms with van der Waals surface area (Å²) in [6, 6.07) is 13.1. The van der Waals surface area contributed by atoms with Crippen LogP contribution in [-0.2, 0) is 11.4 Å². The summed E-state index contributed by atoms with van der Waals surface area (Å²) in [6.07, 6.45) is 1.08. The predicted octanol–water partition coefficient (Wildman–Crippen LogP) is 3.48. The van der Waals surface area contributed by atoms with E-state index in [1.807, 2.05) is 49.4 Å². The normalized spacial score (nSPS) is 12.8. The number of hydrogen-bond acceptors (Lipinski definition) is 5. The van der Waals surface area contributed by atoms with Crippen molar-refractivity contribution in [1.82, 2.24) is 0 Å². The van der Waals surface area contributed by atoms with Crippen LogP contribution in [0.15, 0.2) is 42.5 Å². The summed E-state index contributed by atoms with van der Waals surface area (Å²) in [4.78, 5) is 11.9. The lowest BCUT2D eigenvalue weighted by atomic mass is 10.1. The van der Waals surface area contributed by atoms with Crippen molar-refractivity contribution in [2.75, 3.05) is 12.1 Å². The van der Waals surface area contributed by atoms with Crippen molar-refractivity contribution in [3.05, 3.63) is 48.0 Å². The van der Waals surface area contributed by atoms with Gasteiger partial charge in [0.25, 0.3) is 0 Å². The number of nitrogens with one attached hydrogen (secondary N) is 1. The maximum Gasteiger partial charge on any atom is 0.231 e. The Hall–Kier alpha value is -2.44. The molecule has 0 bridgehead atoms. The minimum absolute atomic E-state index is 0. The van der Waals surface area contributed by atoms with Crippen LogP contribution >= 0.6 is 12.4 Å². The summed E-state index contributed by atoms with van der Waals surface area (Å²) >= 11 is 0. The zero-order chi connectivity index (χ0) is 17.6. The molecule has 1 aliphatic rings. The highest BCUT2D eigenvalue weighted by molar-refractivity contribution is 5.90. The molecule has 6 nitrogen and oxygen atoms in total. The molecule has 1 unspecified atom stereocenters. The second kappa shape index (κ2) is 9.31. The van der Waals surface area contributed by atoms with E-state index in [4.69, 9.17) is 19.9 Å². The molecule has 3 rings (SSSR count). The van der Waals surface area contributed by atoms with Gasteiger partial charge in [-0.05, 0) is 43.2 Å². The number of nitrogens with two attached hydrogens (primary N) is 1. The molecule has 0 saturated carbocycles. The topological polar surface area (TPSA) is 82.8 Å². The first-order valence-electron chi connectivity index (χ1n) is 8.27. The molecule has 2 aromatic rings. The lowest BCUT2D eigenvalue weighted by Gasteiger charge is -2.10. The number of carbonyl (C=O) groups is 1. The van der Waals surface area contributed by atoms with E-state index < -0.39 is 0 Å². The Bertz CT molecular complexity index is 752. The van der Waals surface area contributed by atoms with Crippen LogP contribution in [0, 0.1) is 0 Å². The Morgan fingerprint density at radius 1 is 1.23 bits per heavy atom. The highest BCUT2D eigenvalue weighted by Gasteiger charge is 2.13. The van der Waals surface area contributed by atoms with Gasteiger partial charge in [-0.25, -0.2) is 0 Å². The molecule has 1 aliphatic heterocycles. The van der Waals surface area contributed by atoms with E-state index in [2.05, 4.69) is 5.32 Å². The number of ether oxygens (including phenoxy) is 3. The smallest absolute Gasteiger partial charge is 0.231 e. The monoisotopic (exact) mass is 378 g/mol. The Morgan fingerprint density at radius 2 is 2.04 bits per heavy atom. The van der Waals surface area contributed by atoms with E-state index >= 15 is 0 Å². The first-order chi connectivity index (χ1) is 12.1. The zero-order valence-electron chi connectivity index (χ0n) is 14.6. The number of benzene rings is 2. The van der Waals surface area contributed by atoms with Crippen LogP contribution < -0.4 is 25.3 Å². The first-order valence-corrected chi connectivity index (χ1v) is 8.27. The molecule has 3 N–H and O–H groups in total. The lowest BCUT2D eigenvalue weighted by molar-refractivity contribution is -0.116. The van der Waals surface area contributed by atoms with Crippen molar-refractivity contribution in [2.45, 2.75) is 32.4 Å². The quantitative estimate of drug-likeness (QED) is 0.770. The van der Waals surface area contributed by atoms with Gasteiger partial charge in [0.2, 0.25) is 12.7 Å². The second-order valence-corrected chi connectivity index (χ2v) is 6.07. The highest BCUT2D eigenvalue weighted by Crippen LogP contribution is 2.35. The molecular weight excluding hydrogens is 356 g/mol. The van der Waals surface area contributed by atoms with E-state index in [0.717, 1.165) is 17.0 Å². The summed E-state index contributed by atoms with van der Waals surface area (Å²) in [6.45, 7) is 2.52. The van der Waals surface area contributed by atoms with Crippen LogP contribution in [0.4, 0.5) is 5.69 Å². The van der Waals surface area contributed by atoms with Gasteiger partial charge in [0.05, 0.1) is 0 Å². The standard InChI is InChI=1S/C19H22N2O4.ClH/c1-13(20)5-8-19(22)21-15-4-2-3-14(9-15)11-23-16-6-7-17-18(10-16)25-12-24-17;/h2-4,6-7,9-10,13H,5,8,11-12,20H2,1H3,(H,21,22);1H.